The number of halogens is 1. The SMILES string of the molecule is CC(C)c1ccc(NC(=O)N2CCN(c3ncccc3Cl)C[C@H]2C)cc1. The molecule has 1 fully saturated rings. The molecule has 2 amide bonds. The van der Waals surface area contributed by atoms with Crippen molar-refractivity contribution >= 4 is 29.1 Å². The van der Waals surface area contributed by atoms with Crippen LogP contribution in [0.25, 0.3) is 0 Å². The molecule has 0 spiro atoms. The normalized spacial score (nSPS) is 17.5. The lowest BCUT2D eigenvalue weighted by molar-refractivity contribution is 0.184. The van der Waals surface area contributed by atoms with E-state index < -0.39 is 0 Å². The zero-order valence-electron chi connectivity index (χ0n) is 15.4. The van der Waals surface area contributed by atoms with Gasteiger partial charge in [-0.15, -0.1) is 0 Å². The van der Waals surface area contributed by atoms with Gasteiger partial charge in [0.15, 0.2) is 0 Å². The fourth-order valence-electron chi connectivity index (χ4n) is 3.21. The molecule has 5 nitrogen and oxygen atoms in total. The highest BCUT2D eigenvalue weighted by Crippen LogP contribution is 2.25. The Hall–Kier alpha value is -2.27. The summed E-state index contributed by atoms with van der Waals surface area (Å²) in [5, 5.41) is 3.64. The number of urea groups is 1. The first-order chi connectivity index (χ1) is 12.5. The van der Waals surface area contributed by atoms with E-state index in [1.165, 1.54) is 5.56 Å². The van der Waals surface area contributed by atoms with Crippen LogP contribution in [0, 0.1) is 0 Å². The van der Waals surface area contributed by atoms with Crippen molar-refractivity contribution in [1.82, 2.24) is 9.88 Å². The predicted molar refractivity (Wildman–Crippen MR) is 107 cm³/mol. The quantitative estimate of drug-likeness (QED) is 0.856. The molecule has 6 heteroatoms. The second-order valence-electron chi connectivity index (χ2n) is 7.00. The third-order valence-electron chi connectivity index (χ3n) is 4.76. The summed E-state index contributed by atoms with van der Waals surface area (Å²) in [4.78, 5) is 21.0. The fraction of sp³-hybridized carbons (Fsp3) is 0.400. The molecule has 3 rings (SSSR count). The molecule has 1 aliphatic rings. The molecule has 0 radical (unpaired) electrons. The minimum Gasteiger partial charge on any atom is -0.352 e. The smallest absolute Gasteiger partial charge is 0.322 e. The summed E-state index contributed by atoms with van der Waals surface area (Å²) >= 11 is 6.25. The molecular weight excluding hydrogens is 348 g/mol. The van der Waals surface area contributed by atoms with Crippen molar-refractivity contribution in [2.24, 2.45) is 0 Å². The summed E-state index contributed by atoms with van der Waals surface area (Å²) in [7, 11) is 0. The van der Waals surface area contributed by atoms with Crippen molar-refractivity contribution in [3.63, 3.8) is 0 Å². The number of rotatable bonds is 3. The van der Waals surface area contributed by atoms with E-state index in [0.29, 0.717) is 30.6 Å². The second-order valence-corrected chi connectivity index (χ2v) is 7.41. The van der Waals surface area contributed by atoms with Crippen molar-refractivity contribution in [1.29, 1.82) is 0 Å². The number of carbonyl (C=O) groups excluding carboxylic acids is 1. The Morgan fingerprint density at radius 2 is 1.96 bits per heavy atom. The van der Waals surface area contributed by atoms with Gasteiger partial charge in [0.1, 0.15) is 5.82 Å². The van der Waals surface area contributed by atoms with Crippen LogP contribution in [0.4, 0.5) is 16.3 Å². The molecule has 0 bridgehead atoms. The number of pyridine rings is 1. The molecule has 2 heterocycles. The van der Waals surface area contributed by atoms with Gasteiger partial charge in [-0.05, 0) is 42.7 Å². The van der Waals surface area contributed by atoms with E-state index in [9.17, 15) is 4.79 Å². The summed E-state index contributed by atoms with van der Waals surface area (Å²) in [6.07, 6.45) is 1.74. The van der Waals surface area contributed by atoms with E-state index in [0.717, 1.165) is 11.5 Å². The lowest BCUT2D eigenvalue weighted by Crippen LogP contribution is -2.55. The average molecular weight is 373 g/mol. The van der Waals surface area contributed by atoms with Crippen LogP contribution >= 0.6 is 11.6 Å². The maximum Gasteiger partial charge on any atom is 0.322 e. The van der Waals surface area contributed by atoms with Crippen LogP contribution in [0.3, 0.4) is 0 Å². The molecule has 2 aromatic rings. The second kappa shape index (κ2) is 7.96. The predicted octanol–water partition coefficient (Wildman–Crippen LogP) is 4.60. The lowest BCUT2D eigenvalue weighted by atomic mass is 10.0. The number of hydrogen-bond donors (Lipinski definition) is 1. The minimum atomic E-state index is -0.0680. The monoisotopic (exact) mass is 372 g/mol. The van der Waals surface area contributed by atoms with Crippen molar-refractivity contribution in [3.8, 4) is 0 Å². The van der Waals surface area contributed by atoms with E-state index in [4.69, 9.17) is 11.6 Å². The number of anilines is 2. The molecule has 1 aliphatic heterocycles. The third-order valence-corrected chi connectivity index (χ3v) is 5.05. The summed E-state index contributed by atoms with van der Waals surface area (Å²) in [6.45, 7) is 8.40. The molecule has 1 N–H and O–H groups in total. The van der Waals surface area contributed by atoms with Gasteiger partial charge in [0.05, 0.1) is 5.02 Å². The van der Waals surface area contributed by atoms with Crippen molar-refractivity contribution in [2.45, 2.75) is 32.7 Å². The summed E-state index contributed by atoms with van der Waals surface area (Å²) < 4.78 is 0. The van der Waals surface area contributed by atoms with Gasteiger partial charge in [-0.3, -0.25) is 0 Å². The minimum absolute atomic E-state index is 0.0664. The maximum atomic E-state index is 12.7. The van der Waals surface area contributed by atoms with Gasteiger partial charge < -0.3 is 15.1 Å². The van der Waals surface area contributed by atoms with Gasteiger partial charge in [-0.25, -0.2) is 9.78 Å². The molecule has 1 aromatic heterocycles. The van der Waals surface area contributed by atoms with Gasteiger partial charge in [-0.1, -0.05) is 37.6 Å². The Labute approximate surface area is 160 Å². The average Bonchev–Trinajstić information content (AvgIpc) is 2.62. The highest BCUT2D eigenvalue weighted by Gasteiger charge is 2.28. The Morgan fingerprint density at radius 3 is 2.58 bits per heavy atom. The van der Waals surface area contributed by atoms with Gasteiger partial charge in [0.25, 0.3) is 0 Å². The Kier molecular flexibility index (Phi) is 5.67. The van der Waals surface area contributed by atoms with Crippen LogP contribution in [0.15, 0.2) is 42.6 Å². The third kappa shape index (κ3) is 4.10. The molecule has 1 saturated heterocycles. The fourth-order valence-corrected chi connectivity index (χ4v) is 3.45. The lowest BCUT2D eigenvalue weighted by Gasteiger charge is -2.40. The number of amides is 2. The van der Waals surface area contributed by atoms with Crippen molar-refractivity contribution in [2.75, 3.05) is 29.9 Å². The van der Waals surface area contributed by atoms with Gasteiger partial charge in [-0.2, -0.15) is 0 Å². The van der Waals surface area contributed by atoms with Crippen LogP contribution in [0.1, 0.15) is 32.3 Å². The summed E-state index contributed by atoms with van der Waals surface area (Å²) in [6, 6.07) is 11.7. The number of piperazine rings is 1. The molecule has 1 atom stereocenters. The van der Waals surface area contributed by atoms with Crippen molar-refractivity contribution in [3.05, 3.63) is 53.2 Å². The topological polar surface area (TPSA) is 48.5 Å². The van der Waals surface area contributed by atoms with Crippen LogP contribution < -0.4 is 10.2 Å². The molecule has 1 aromatic carbocycles. The zero-order chi connectivity index (χ0) is 18.7. The first-order valence-corrected chi connectivity index (χ1v) is 9.36. The van der Waals surface area contributed by atoms with Crippen LogP contribution in [0.2, 0.25) is 5.02 Å². The van der Waals surface area contributed by atoms with E-state index in [-0.39, 0.29) is 12.1 Å². The Morgan fingerprint density at radius 1 is 1.23 bits per heavy atom. The van der Waals surface area contributed by atoms with Crippen LogP contribution in [0.5, 0.6) is 0 Å². The number of benzene rings is 1. The number of aromatic nitrogens is 1. The van der Waals surface area contributed by atoms with E-state index in [1.54, 1.807) is 6.20 Å². The number of hydrogen-bond acceptors (Lipinski definition) is 3. The van der Waals surface area contributed by atoms with E-state index in [2.05, 4.69) is 41.2 Å². The van der Waals surface area contributed by atoms with E-state index >= 15 is 0 Å². The first-order valence-electron chi connectivity index (χ1n) is 8.98. The number of carbonyl (C=O) groups is 1. The van der Waals surface area contributed by atoms with Crippen molar-refractivity contribution < 1.29 is 4.79 Å². The van der Waals surface area contributed by atoms with E-state index in [1.807, 2.05) is 36.1 Å². The number of nitrogens with zero attached hydrogens (tertiary/aromatic N) is 3. The first kappa shape index (κ1) is 18.5. The van der Waals surface area contributed by atoms with Crippen LogP contribution in [-0.2, 0) is 0 Å². The Bertz CT molecular complexity index is 763. The molecule has 0 saturated carbocycles. The number of nitrogens with one attached hydrogen (secondary N) is 1. The molecule has 0 unspecified atom stereocenters. The summed E-state index contributed by atoms with van der Waals surface area (Å²) in [5.41, 5.74) is 2.08. The zero-order valence-corrected chi connectivity index (χ0v) is 16.2. The molecule has 0 aliphatic carbocycles. The maximum absolute atomic E-state index is 12.7. The standard InChI is InChI=1S/C20H25ClN4O/c1-14(2)16-6-8-17(9-7-16)23-20(26)25-12-11-24(13-15(25)3)19-18(21)5-4-10-22-19/h4-10,14-15H,11-13H2,1-3H3,(H,23,26)/t15-/m1/s1. The van der Waals surface area contributed by atoms with Crippen LogP contribution in [-0.4, -0.2) is 41.6 Å². The van der Waals surface area contributed by atoms with Gasteiger partial charge in [0.2, 0.25) is 0 Å². The highest BCUT2D eigenvalue weighted by molar-refractivity contribution is 6.32. The highest BCUT2D eigenvalue weighted by atomic mass is 35.5. The van der Waals surface area contributed by atoms with Gasteiger partial charge in [0, 0.05) is 37.6 Å². The summed E-state index contributed by atoms with van der Waals surface area (Å²) in [5.74, 6) is 1.26. The molecular formula is C20H25ClN4O. The molecule has 26 heavy (non-hydrogen) atoms. The van der Waals surface area contributed by atoms with Gasteiger partial charge >= 0.3 is 6.03 Å². The largest absolute Gasteiger partial charge is 0.352 e. The molecule has 138 valence electrons. The Balaban J connectivity index is 1.62.